The Hall–Kier alpha value is -2.25. The zero-order chi connectivity index (χ0) is 16.8. The molecule has 0 fully saturated rings. The Morgan fingerprint density at radius 2 is 1.73 bits per heavy atom. The van der Waals surface area contributed by atoms with Crippen LogP contribution in [0, 0.1) is 0 Å². The smallest absolute Gasteiger partial charge is 0.425 e. The maximum Gasteiger partial charge on any atom is 0.425 e. The Kier molecular flexibility index (Phi) is 6.21. The molecule has 0 spiro atoms. The van der Waals surface area contributed by atoms with Crippen LogP contribution in [0.2, 0.25) is 0 Å². The van der Waals surface area contributed by atoms with E-state index in [2.05, 4.69) is 4.74 Å². The highest BCUT2D eigenvalue weighted by molar-refractivity contribution is 5.79. The molecule has 0 aliphatic heterocycles. The molecule has 8 heteroatoms. The van der Waals surface area contributed by atoms with E-state index in [0.717, 1.165) is 0 Å². The standard InChI is InChI=1S/C14H15F3O5/c1-9(14(15,16)17)21-12(18)6-7-13(19)22-11-5-3-4-10(8-11)20-2/h3-5,8-9H,6-7H2,1-2H3. The van der Waals surface area contributed by atoms with E-state index in [-0.39, 0.29) is 12.2 Å². The van der Waals surface area contributed by atoms with Crippen molar-refractivity contribution >= 4 is 11.9 Å². The number of halogens is 3. The third kappa shape index (κ3) is 6.02. The van der Waals surface area contributed by atoms with E-state index < -0.39 is 30.6 Å². The normalized spacial score (nSPS) is 12.4. The quantitative estimate of drug-likeness (QED) is 0.596. The molecule has 0 N–H and O–H groups in total. The van der Waals surface area contributed by atoms with Crippen LogP contribution in [0.3, 0.4) is 0 Å². The third-order valence-electron chi connectivity index (χ3n) is 2.58. The van der Waals surface area contributed by atoms with Crippen LogP contribution < -0.4 is 9.47 Å². The monoisotopic (exact) mass is 320 g/mol. The number of hydrogen-bond donors (Lipinski definition) is 0. The van der Waals surface area contributed by atoms with Crippen LogP contribution in [-0.4, -0.2) is 31.3 Å². The molecule has 1 atom stereocenters. The van der Waals surface area contributed by atoms with Crippen molar-refractivity contribution in [3.63, 3.8) is 0 Å². The molecule has 0 heterocycles. The second kappa shape index (κ2) is 7.67. The van der Waals surface area contributed by atoms with Gasteiger partial charge >= 0.3 is 18.1 Å². The molecule has 0 saturated heterocycles. The summed E-state index contributed by atoms with van der Waals surface area (Å²) in [6.07, 6.45) is -7.73. The minimum Gasteiger partial charge on any atom is -0.497 e. The fourth-order valence-corrected chi connectivity index (χ4v) is 1.37. The van der Waals surface area contributed by atoms with Crippen molar-refractivity contribution in [1.82, 2.24) is 0 Å². The number of carbonyl (C=O) groups excluding carboxylic acids is 2. The van der Waals surface area contributed by atoms with Crippen molar-refractivity contribution in [3.05, 3.63) is 24.3 Å². The highest BCUT2D eigenvalue weighted by Gasteiger charge is 2.39. The lowest BCUT2D eigenvalue weighted by molar-refractivity contribution is -0.216. The summed E-state index contributed by atoms with van der Waals surface area (Å²) in [6, 6.07) is 6.21. The van der Waals surface area contributed by atoms with Gasteiger partial charge in [-0.15, -0.1) is 0 Å². The predicted molar refractivity (Wildman–Crippen MR) is 69.5 cm³/mol. The summed E-state index contributed by atoms with van der Waals surface area (Å²) < 4.78 is 50.6. The molecular weight excluding hydrogens is 305 g/mol. The summed E-state index contributed by atoms with van der Waals surface area (Å²) in [5, 5.41) is 0. The predicted octanol–water partition coefficient (Wildman–Crippen LogP) is 2.87. The maximum absolute atomic E-state index is 12.2. The van der Waals surface area contributed by atoms with Crippen molar-refractivity contribution in [2.24, 2.45) is 0 Å². The number of alkyl halides is 3. The second-order valence-electron chi connectivity index (χ2n) is 4.33. The van der Waals surface area contributed by atoms with Gasteiger partial charge in [0.05, 0.1) is 20.0 Å². The second-order valence-corrected chi connectivity index (χ2v) is 4.33. The number of rotatable bonds is 6. The number of benzene rings is 1. The third-order valence-corrected chi connectivity index (χ3v) is 2.58. The van der Waals surface area contributed by atoms with E-state index in [1.165, 1.54) is 19.2 Å². The number of esters is 2. The molecule has 0 aromatic heterocycles. The van der Waals surface area contributed by atoms with Crippen LogP contribution in [0.15, 0.2) is 24.3 Å². The van der Waals surface area contributed by atoms with Crippen LogP contribution in [0.5, 0.6) is 11.5 Å². The largest absolute Gasteiger partial charge is 0.497 e. The van der Waals surface area contributed by atoms with E-state index in [9.17, 15) is 22.8 Å². The minimum absolute atomic E-state index is 0.210. The average Bonchev–Trinajstić information content (AvgIpc) is 2.44. The van der Waals surface area contributed by atoms with Gasteiger partial charge in [-0.3, -0.25) is 9.59 Å². The zero-order valence-corrected chi connectivity index (χ0v) is 12.0. The molecule has 122 valence electrons. The van der Waals surface area contributed by atoms with Gasteiger partial charge in [-0.05, 0) is 19.1 Å². The van der Waals surface area contributed by atoms with Gasteiger partial charge in [0.1, 0.15) is 11.5 Å². The van der Waals surface area contributed by atoms with Gasteiger partial charge in [0.25, 0.3) is 0 Å². The number of ether oxygens (including phenoxy) is 3. The van der Waals surface area contributed by atoms with Gasteiger partial charge in [-0.1, -0.05) is 6.07 Å². The van der Waals surface area contributed by atoms with Crippen LogP contribution >= 0.6 is 0 Å². The Bertz CT molecular complexity index is 527. The SMILES string of the molecule is COc1cccc(OC(=O)CCC(=O)OC(C)C(F)(F)F)c1. The molecule has 0 bridgehead atoms. The van der Waals surface area contributed by atoms with Gasteiger partial charge in [0.15, 0.2) is 6.10 Å². The van der Waals surface area contributed by atoms with Gasteiger partial charge in [-0.25, -0.2) is 0 Å². The fourth-order valence-electron chi connectivity index (χ4n) is 1.37. The van der Waals surface area contributed by atoms with Gasteiger partial charge in [-0.2, -0.15) is 13.2 Å². The summed E-state index contributed by atoms with van der Waals surface area (Å²) in [5.41, 5.74) is 0. The molecule has 0 saturated carbocycles. The lowest BCUT2D eigenvalue weighted by Crippen LogP contribution is -2.31. The topological polar surface area (TPSA) is 61.8 Å². The first-order chi connectivity index (χ1) is 10.2. The van der Waals surface area contributed by atoms with E-state index >= 15 is 0 Å². The van der Waals surface area contributed by atoms with E-state index in [1.807, 2.05) is 0 Å². The van der Waals surface area contributed by atoms with Crippen molar-refractivity contribution in [2.75, 3.05) is 7.11 Å². The summed E-state index contributed by atoms with van der Waals surface area (Å²) in [7, 11) is 1.44. The van der Waals surface area contributed by atoms with Gasteiger partial charge in [0, 0.05) is 6.07 Å². The Morgan fingerprint density at radius 1 is 1.14 bits per heavy atom. The molecule has 0 aliphatic carbocycles. The summed E-state index contributed by atoms with van der Waals surface area (Å²) in [4.78, 5) is 22.7. The summed E-state index contributed by atoms with van der Waals surface area (Å²) in [6.45, 7) is 0.715. The zero-order valence-electron chi connectivity index (χ0n) is 12.0. The maximum atomic E-state index is 12.2. The number of hydrogen-bond acceptors (Lipinski definition) is 5. The number of carbonyl (C=O) groups is 2. The highest BCUT2D eigenvalue weighted by atomic mass is 19.4. The molecular formula is C14H15F3O5. The number of methoxy groups -OCH3 is 1. The first kappa shape index (κ1) is 17.8. The van der Waals surface area contributed by atoms with Gasteiger partial charge < -0.3 is 14.2 Å². The van der Waals surface area contributed by atoms with Crippen LogP contribution in [-0.2, 0) is 14.3 Å². The molecule has 0 amide bonds. The van der Waals surface area contributed by atoms with Crippen molar-refractivity contribution in [3.8, 4) is 11.5 Å². The lowest BCUT2D eigenvalue weighted by atomic mass is 10.3. The lowest BCUT2D eigenvalue weighted by Gasteiger charge is -2.16. The molecule has 1 rings (SSSR count). The molecule has 0 radical (unpaired) electrons. The fraction of sp³-hybridized carbons (Fsp3) is 0.429. The molecule has 22 heavy (non-hydrogen) atoms. The summed E-state index contributed by atoms with van der Waals surface area (Å²) >= 11 is 0. The Labute approximate surface area is 125 Å². The molecule has 1 aromatic rings. The van der Waals surface area contributed by atoms with E-state index in [4.69, 9.17) is 9.47 Å². The summed E-state index contributed by atoms with van der Waals surface area (Å²) in [5.74, 6) is -1.19. The molecule has 5 nitrogen and oxygen atoms in total. The first-order valence-corrected chi connectivity index (χ1v) is 6.33. The van der Waals surface area contributed by atoms with E-state index in [0.29, 0.717) is 12.7 Å². The van der Waals surface area contributed by atoms with Crippen molar-refractivity contribution in [2.45, 2.75) is 32.0 Å². The molecule has 1 unspecified atom stereocenters. The van der Waals surface area contributed by atoms with Crippen LogP contribution in [0.4, 0.5) is 13.2 Å². The van der Waals surface area contributed by atoms with Crippen molar-refractivity contribution < 1.29 is 37.0 Å². The minimum atomic E-state index is -4.63. The van der Waals surface area contributed by atoms with Gasteiger partial charge in [0.2, 0.25) is 0 Å². The van der Waals surface area contributed by atoms with Crippen LogP contribution in [0.25, 0.3) is 0 Å². The van der Waals surface area contributed by atoms with Crippen LogP contribution in [0.1, 0.15) is 19.8 Å². The highest BCUT2D eigenvalue weighted by Crippen LogP contribution is 2.23. The first-order valence-electron chi connectivity index (χ1n) is 6.33. The Balaban J connectivity index is 2.41. The van der Waals surface area contributed by atoms with Crippen molar-refractivity contribution in [1.29, 1.82) is 0 Å². The average molecular weight is 320 g/mol. The Morgan fingerprint density at radius 3 is 2.32 bits per heavy atom. The molecule has 0 aliphatic rings. The molecule has 1 aromatic carbocycles. The van der Waals surface area contributed by atoms with E-state index in [1.54, 1.807) is 12.1 Å².